The number of anilines is 1. The molecule has 1 aromatic carbocycles. The molecule has 0 atom stereocenters. The van der Waals surface area contributed by atoms with Crippen LogP contribution in [0.5, 0.6) is 5.75 Å². The van der Waals surface area contributed by atoms with Crippen molar-refractivity contribution in [1.82, 2.24) is 39.2 Å². The van der Waals surface area contributed by atoms with E-state index in [-0.39, 0.29) is 5.95 Å². The number of nitrogen functional groups attached to an aromatic ring is 1. The van der Waals surface area contributed by atoms with E-state index in [9.17, 15) is 0 Å². The summed E-state index contributed by atoms with van der Waals surface area (Å²) in [7, 11) is 1.61. The number of fused-ring (bicyclic) bond motifs is 4. The molecule has 4 heterocycles. The Hall–Kier alpha value is -2.79. The van der Waals surface area contributed by atoms with Crippen LogP contribution in [0, 0.1) is 0 Å². The van der Waals surface area contributed by atoms with E-state index in [2.05, 4.69) is 45.7 Å². The Bertz CT molecular complexity index is 1170. The van der Waals surface area contributed by atoms with Gasteiger partial charge in [0.1, 0.15) is 17.1 Å². The van der Waals surface area contributed by atoms with Crippen LogP contribution >= 0.6 is 15.9 Å². The van der Waals surface area contributed by atoms with Crippen LogP contribution in [0.15, 0.2) is 22.9 Å². The summed E-state index contributed by atoms with van der Waals surface area (Å²) in [5, 5.41) is 13.7. The van der Waals surface area contributed by atoms with E-state index in [1.165, 1.54) is 0 Å². The monoisotopic (exact) mass is 429 g/mol. The number of rotatable bonds is 3. The summed E-state index contributed by atoms with van der Waals surface area (Å²) < 4.78 is 9.81. The van der Waals surface area contributed by atoms with Gasteiger partial charge < -0.3 is 15.0 Å². The van der Waals surface area contributed by atoms with E-state index in [1.54, 1.807) is 11.6 Å². The molecule has 0 radical (unpaired) electrons. The topological polar surface area (TPSA) is 112 Å². The number of ether oxygens (including phenoxy) is 1. The van der Waals surface area contributed by atoms with Gasteiger partial charge in [-0.1, -0.05) is 6.07 Å². The lowest BCUT2D eigenvalue weighted by atomic mass is 10.2. The van der Waals surface area contributed by atoms with E-state index in [0.29, 0.717) is 35.8 Å². The first-order chi connectivity index (χ1) is 13.1. The molecule has 0 bridgehead atoms. The maximum atomic E-state index is 6.11. The Kier molecular flexibility index (Phi) is 3.72. The Balaban J connectivity index is 1.52. The molecule has 4 aromatic rings. The van der Waals surface area contributed by atoms with Crippen molar-refractivity contribution < 1.29 is 4.74 Å². The second-order valence-corrected chi connectivity index (χ2v) is 7.05. The predicted molar refractivity (Wildman–Crippen MR) is 101 cm³/mol. The molecule has 0 unspecified atom stereocenters. The molecule has 27 heavy (non-hydrogen) atoms. The number of nitrogens with zero attached hydrogens (tertiary/aromatic N) is 8. The van der Waals surface area contributed by atoms with E-state index < -0.39 is 0 Å². The Morgan fingerprint density at radius 1 is 1.22 bits per heavy atom. The van der Waals surface area contributed by atoms with Gasteiger partial charge in [-0.25, -0.2) is 9.97 Å². The third-order valence-electron chi connectivity index (χ3n) is 4.71. The van der Waals surface area contributed by atoms with Crippen molar-refractivity contribution in [3.05, 3.63) is 34.6 Å². The van der Waals surface area contributed by atoms with Gasteiger partial charge in [0.2, 0.25) is 5.95 Å². The molecule has 0 saturated carbocycles. The third kappa shape index (κ3) is 2.61. The molecule has 3 aromatic heterocycles. The van der Waals surface area contributed by atoms with Crippen molar-refractivity contribution in [3.8, 4) is 5.75 Å². The fourth-order valence-corrected chi connectivity index (χ4v) is 3.87. The van der Waals surface area contributed by atoms with Crippen LogP contribution in [0.25, 0.3) is 16.6 Å². The number of para-hydroxylation sites is 1. The first-order valence-electron chi connectivity index (χ1n) is 8.42. The second kappa shape index (κ2) is 6.13. The number of methoxy groups -OCH3 is 1. The van der Waals surface area contributed by atoms with Gasteiger partial charge in [0, 0.05) is 18.5 Å². The van der Waals surface area contributed by atoms with Gasteiger partial charge in [-0.15, -0.1) is 15.3 Å². The van der Waals surface area contributed by atoms with Crippen LogP contribution in [0.1, 0.15) is 11.6 Å². The lowest BCUT2D eigenvalue weighted by Gasteiger charge is -2.25. The van der Waals surface area contributed by atoms with Gasteiger partial charge in [0.05, 0.1) is 20.2 Å². The molecule has 10 nitrogen and oxygen atoms in total. The van der Waals surface area contributed by atoms with Crippen molar-refractivity contribution in [3.63, 3.8) is 0 Å². The molecular weight excluding hydrogens is 414 g/mol. The van der Waals surface area contributed by atoms with Crippen molar-refractivity contribution in [2.24, 2.45) is 0 Å². The average Bonchev–Trinajstić information content (AvgIpc) is 3.26. The third-order valence-corrected chi connectivity index (χ3v) is 5.29. The van der Waals surface area contributed by atoms with Crippen molar-refractivity contribution in [1.29, 1.82) is 0 Å². The average molecular weight is 430 g/mol. The summed E-state index contributed by atoms with van der Waals surface area (Å²) in [4.78, 5) is 11.4. The van der Waals surface area contributed by atoms with Crippen LogP contribution in [-0.2, 0) is 19.6 Å². The molecule has 0 aliphatic carbocycles. The summed E-state index contributed by atoms with van der Waals surface area (Å²) in [5.74, 6) is 2.55. The number of benzene rings is 1. The van der Waals surface area contributed by atoms with Crippen molar-refractivity contribution in [2.75, 3.05) is 19.4 Å². The fraction of sp³-hybridized carbons (Fsp3) is 0.312. The lowest BCUT2D eigenvalue weighted by Crippen LogP contribution is -2.33. The first kappa shape index (κ1) is 16.4. The quantitative estimate of drug-likeness (QED) is 0.517. The normalized spacial score (nSPS) is 14.7. The van der Waals surface area contributed by atoms with Gasteiger partial charge in [-0.3, -0.25) is 4.90 Å². The molecule has 2 N–H and O–H groups in total. The minimum Gasteiger partial charge on any atom is -0.494 e. The second-order valence-electron chi connectivity index (χ2n) is 6.34. The number of halogens is 1. The van der Waals surface area contributed by atoms with Gasteiger partial charge in [-0.2, -0.15) is 4.52 Å². The number of hydrogen-bond donors (Lipinski definition) is 1. The van der Waals surface area contributed by atoms with Crippen LogP contribution in [0.4, 0.5) is 5.95 Å². The first-order valence-corrected chi connectivity index (χ1v) is 9.21. The Morgan fingerprint density at radius 2 is 2.11 bits per heavy atom. The molecule has 1 aliphatic heterocycles. The molecule has 138 valence electrons. The lowest BCUT2D eigenvalue weighted by molar-refractivity contribution is 0.203. The highest BCUT2D eigenvalue weighted by molar-refractivity contribution is 9.10. The highest BCUT2D eigenvalue weighted by Crippen LogP contribution is 2.27. The molecule has 0 fully saturated rings. The smallest absolute Gasteiger partial charge is 0.223 e. The molecule has 1 aliphatic rings. The zero-order valence-electron chi connectivity index (χ0n) is 14.5. The molecule has 0 saturated heterocycles. The molecule has 0 spiro atoms. The zero-order chi connectivity index (χ0) is 18.5. The highest BCUT2D eigenvalue weighted by Gasteiger charge is 2.22. The standard InChI is InChI=1S/C16H16BrN9O/c1-27-10-4-2-3-9-13(10)20-16(18)26-14(9)19-11(23-26)7-24-5-6-25-12(8-24)21-22-15(25)17/h2-4H,5-8H2,1H3,(H2,18,20). The molecule has 0 amide bonds. The minimum atomic E-state index is 0.281. The maximum Gasteiger partial charge on any atom is 0.223 e. The summed E-state index contributed by atoms with van der Waals surface area (Å²) in [6, 6.07) is 5.70. The van der Waals surface area contributed by atoms with E-state index >= 15 is 0 Å². The number of aromatic nitrogens is 7. The van der Waals surface area contributed by atoms with Gasteiger partial charge in [0.15, 0.2) is 16.2 Å². The van der Waals surface area contributed by atoms with Gasteiger partial charge in [-0.05, 0) is 28.1 Å². The number of nitrogens with two attached hydrogens (primary N) is 1. The molecule has 11 heteroatoms. The zero-order valence-corrected chi connectivity index (χ0v) is 16.1. The van der Waals surface area contributed by atoms with Crippen molar-refractivity contribution in [2.45, 2.75) is 19.6 Å². The van der Waals surface area contributed by atoms with E-state index in [1.807, 2.05) is 18.2 Å². The van der Waals surface area contributed by atoms with Crippen LogP contribution in [0.2, 0.25) is 0 Å². The fourth-order valence-electron chi connectivity index (χ4n) is 3.41. The minimum absolute atomic E-state index is 0.281. The van der Waals surface area contributed by atoms with Crippen molar-refractivity contribution >= 4 is 38.4 Å². The Morgan fingerprint density at radius 3 is 2.96 bits per heavy atom. The number of hydrogen-bond acceptors (Lipinski definition) is 8. The van der Waals surface area contributed by atoms with Gasteiger partial charge in [0.25, 0.3) is 0 Å². The highest BCUT2D eigenvalue weighted by atomic mass is 79.9. The van der Waals surface area contributed by atoms with E-state index in [0.717, 1.165) is 29.0 Å². The van der Waals surface area contributed by atoms with Gasteiger partial charge >= 0.3 is 0 Å². The summed E-state index contributed by atoms with van der Waals surface area (Å²) in [5.41, 5.74) is 7.47. The largest absolute Gasteiger partial charge is 0.494 e. The van der Waals surface area contributed by atoms with Crippen LogP contribution in [-0.4, -0.2) is 52.9 Å². The molecular formula is C16H16BrN9O. The van der Waals surface area contributed by atoms with Crippen LogP contribution in [0.3, 0.4) is 0 Å². The maximum absolute atomic E-state index is 6.11. The summed E-state index contributed by atoms with van der Waals surface area (Å²) in [6.45, 7) is 2.97. The molecule has 5 rings (SSSR count). The SMILES string of the molecule is COc1cccc2c1nc(N)n1nc(CN3CCn4c(Br)nnc4C3)nc21. The summed E-state index contributed by atoms with van der Waals surface area (Å²) in [6.07, 6.45) is 0. The predicted octanol–water partition coefficient (Wildman–Crippen LogP) is 1.24. The van der Waals surface area contributed by atoms with E-state index in [4.69, 9.17) is 15.5 Å². The summed E-state index contributed by atoms with van der Waals surface area (Å²) >= 11 is 3.42. The van der Waals surface area contributed by atoms with Crippen LogP contribution < -0.4 is 10.5 Å². The Labute approximate surface area is 162 Å².